The Morgan fingerprint density at radius 3 is 2.50 bits per heavy atom. The lowest BCUT2D eigenvalue weighted by atomic mass is 10.0. The number of carboxylic acid groups (broad SMARTS) is 1. The Morgan fingerprint density at radius 1 is 1.39 bits per heavy atom. The maximum absolute atomic E-state index is 11.1. The van der Waals surface area contributed by atoms with Gasteiger partial charge in [-0.25, -0.2) is 4.79 Å². The lowest BCUT2D eigenvalue weighted by Crippen LogP contribution is -2.18. The van der Waals surface area contributed by atoms with Gasteiger partial charge in [0.05, 0.1) is 7.11 Å². The van der Waals surface area contributed by atoms with Gasteiger partial charge in [-0.05, 0) is 24.1 Å². The molecule has 1 N–H and O–H groups in total. The molecule has 5 heteroatoms. The van der Waals surface area contributed by atoms with Gasteiger partial charge >= 0.3 is 11.9 Å². The first kappa shape index (κ1) is 14.0. The number of carbonyl (C=O) groups is 2. The van der Waals surface area contributed by atoms with E-state index >= 15 is 0 Å². The molecule has 1 aromatic rings. The molecule has 0 saturated heterocycles. The molecular weight excluding hydrogens is 236 g/mol. The lowest BCUT2D eigenvalue weighted by molar-refractivity contribution is -0.163. The highest BCUT2D eigenvalue weighted by molar-refractivity contribution is 5.78. The van der Waals surface area contributed by atoms with Crippen LogP contribution in [0.2, 0.25) is 0 Å². The molecule has 0 fully saturated rings. The summed E-state index contributed by atoms with van der Waals surface area (Å²) in [6.45, 7) is 3.11. The summed E-state index contributed by atoms with van der Waals surface area (Å²) in [5, 5.41) is 9.06. The number of hydrogen-bond donors (Lipinski definition) is 1. The van der Waals surface area contributed by atoms with E-state index in [2.05, 4.69) is 0 Å². The molecule has 0 aliphatic carbocycles. The first-order chi connectivity index (χ1) is 8.49. The van der Waals surface area contributed by atoms with Gasteiger partial charge < -0.3 is 14.6 Å². The van der Waals surface area contributed by atoms with Gasteiger partial charge in [-0.3, -0.25) is 4.79 Å². The van der Waals surface area contributed by atoms with Crippen LogP contribution in [0, 0.1) is 0 Å². The Labute approximate surface area is 105 Å². The number of ether oxygens (including phenoxy) is 2. The van der Waals surface area contributed by atoms with Crippen molar-refractivity contribution in [3.8, 4) is 5.75 Å². The molecule has 0 bridgehead atoms. The molecule has 0 saturated carbocycles. The van der Waals surface area contributed by atoms with Crippen molar-refractivity contribution in [1.82, 2.24) is 0 Å². The summed E-state index contributed by atoms with van der Waals surface area (Å²) in [4.78, 5) is 22.0. The molecule has 1 unspecified atom stereocenters. The van der Waals surface area contributed by atoms with Crippen molar-refractivity contribution in [2.45, 2.75) is 26.4 Å². The third kappa shape index (κ3) is 3.23. The molecule has 0 amide bonds. The summed E-state index contributed by atoms with van der Waals surface area (Å²) in [6.07, 6.45) is -0.581. The molecule has 1 atom stereocenters. The van der Waals surface area contributed by atoms with E-state index in [0.717, 1.165) is 5.56 Å². The predicted octanol–water partition coefficient (Wildman–Crippen LogP) is 1.95. The third-order valence-corrected chi connectivity index (χ3v) is 2.50. The minimum absolute atomic E-state index is 0.426. The van der Waals surface area contributed by atoms with Crippen molar-refractivity contribution in [2.75, 3.05) is 7.11 Å². The van der Waals surface area contributed by atoms with Crippen molar-refractivity contribution in [3.63, 3.8) is 0 Å². The molecule has 1 aromatic carbocycles. The number of aliphatic carboxylic acids is 1. The van der Waals surface area contributed by atoms with Crippen LogP contribution in [0.4, 0.5) is 0 Å². The van der Waals surface area contributed by atoms with Crippen molar-refractivity contribution in [3.05, 3.63) is 29.3 Å². The van der Waals surface area contributed by atoms with E-state index in [0.29, 0.717) is 17.7 Å². The van der Waals surface area contributed by atoms with E-state index in [-0.39, 0.29) is 0 Å². The van der Waals surface area contributed by atoms with Gasteiger partial charge in [-0.1, -0.05) is 13.0 Å². The fourth-order valence-corrected chi connectivity index (χ4v) is 1.66. The van der Waals surface area contributed by atoms with Crippen molar-refractivity contribution < 1.29 is 24.2 Å². The number of rotatable bonds is 5. The highest BCUT2D eigenvalue weighted by Gasteiger charge is 2.23. The van der Waals surface area contributed by atoms with Gasteiger partial charge in [-0.15, -0.1) is 0 Å². The Bertz CT molecular complexity index is 453. The van der Waals surface area contributed by atoms with Crippen LogP contribution >= 0.6 is 0 Å². The highest BCUT2D eigenvalue weighted by Crippen LogP contribution is 2.26. The van der Waals surface area contributed by atoms with Crippen LogP contribution in [0.3, 0.4) is 0 Å². The van der Waals surface area contributed by atoms with Gasteiger partial charge in [0.25, 0.3) is 0 Å². The number of benzene rings is 1. The molecule has 98 valence electrons. The molecule has 1 rings (SSSR count). The Hall–Kier alpha value is -2.04. The van der Waals surface area contributed by atoms with E-state index < -0.39 is 18.0 Å². The summed E-state index contributed by atoms with van der Waals surface area (Å²) in [5.41, 5.74) is 1.30. The molecular formula is C13H16O5. The fraction of sp³-hybridized carbons (Fsp3) is 0.385. The van der Waals surface area contributed by atoms with E-state index in [9.17, 15) is 9.59 Å². The van der Waals surface area contributed by atoms with E-state index in [1.165, 1.54) is 6.92 Å². The number of carboxylic acids is 1. The summed E-state index contributed by atoms with van der Waals surface area (Å²) in [6, 6.07) is 4.94. The van der Waals surface area contributed by atoms with Crippen molar-refractivity contribution in [2.24, 2.45) is 0 Å². The molecule has 0 heterocycles. The number of aryl methyl sites for hydroxylation is 1. The van der Waals surface area contributed by atoms with Gasteiger partial charge in [0.2, 0.25) is 6.10 Å². The number of esters is 1. The van der Waals surface area contributed by atoms with Crippen molar-refractivity contribution in [1.29, 1.82) is 0 Å². The fourth-order valence-electron chi connectivity index (χ4n) is 1.66. The molecule has 0 spiro atoms. The van der Waals surface area contributed by atoms with Crippen LogP contribution in [0.15, 0.2) is 18.2 Å². The second-order valence-corrected chi connectivity index (χ2v) is 3.75. The second kappa shape index (κ2) is 6.05. The van der Waals surface area contributed by atoms with E-state index in [1.54, 1.807) is 25.3 Å². The molecule has 0 radical (unpaired) electrons. The van der Waals surface area contributed by atoms with E-state index in [1.807, 2.05) is 6.92 Å². The number of carbonyl (C=O) groups excluding carboxylic acids is 1. The quantitative estimate of drug-likeness (QED) is 0.811. The predicted molar refractivity (Wildman–Crippen MR) is 64.5 cm³/mol. The monoisotopic (exact) mass is 252 g/mol. The molecule has 0 aliphatic rings. The van der Waals surface area contributed by atoms with Crippen LogP contribution in [-0.2, 0) is 20.7 Å². The molecule has 18 heavy (non-hydrogen) atoms. The Kier molecular flexibility index (Phi) is 4.71. The zero-order chi connectivity index (χ0) is 13.7. The van der Waals surface area contributed by atoms with Gasteiger partial charge in [0, 0.05) is 12.5 Å². The average Bonchev–Trinajstić information content (AvgIpc) is 2.34. The average molecular weight is 252 g/mol. The largest absolute Gasteiger partial charge is 0.496 e. The van der Waals surface area contributed by atoms with Crippen LogP contribution < -0.4 is 4.74 Å². The van der Waals surface area contributed by atoms with Crippen LogP contribution in [0.1, 0.15) is 31.1 Å². The van der Waals surface area contributed by atoms with Gasteiger partial charge in [-0.2, -0.15) is 0 Å². The van der Waals surface area contributed by atoms with Crippen LogP contribution in [0.5, 0.6) is 5.75 Å². The Morgan fingerprint density at radius 2 is 2.06 bits per heavy atom. The molecule has 0 aromatic heterocycles. The normalized spacial score (nSPS) is 11.7. The second-order valence-electron chi connectivity index (χ2n) is 3.75. The maximum Gasteiger partial charge on any atom is 0.349 e. The number of hydrogen-bond acceptors (Lipinski definition) is 4. The minimum atomic E-state index is -1.28. The van der Waals surface area contributed by atoms with Crippen LogP contribution in [0.25, 0.3) is 0 Å². The third-order valence-electron chi connectivity index (χ3n) is 2.50. The Balaban J connectivity index is 3.13. The first-order valence-electron chi connectivity index (χ1n) is 5.56. The smallest absolute Gasteiger partial charge is 0.349 e. The van der Waals surface area contributed by atoms with E-state index in [4.69, 9.17) is 14.6 Å². The molecule has 5 nitrogen and oxygen atoms in total. The van der Waals surface area contributed by atoms with Gasteiger partial charge in [0.15, 0.2) is 0 Å². The molecule has 0 aliphatic heterocycles. The lowest BCUT2D eigenvalue weighted by Gasteiger charge is -2.15. The summed E-state index contributed by atoms with van der Waals surface area (Å²) in [7, 11) is 1.55. The minimum Gasteiger partial charge on any atom is -0.496 e. The first-order valence-corrected chi connectivity index (χ1v) is 5.56. The standard InChI is InChI=1S/C13H16O5/c1-4-9-7-10(5-6-11(9)17-3)12(13(15)16)18-8(2)14/h5-7,12H,4H2,1-3H3,(H,15,16). The SMILES string of the molecule is CCc1cc(C(OC(C)=O)C(=O)O)ccc1OC. The van der Waals surface area contributed by atoms with Crippen LogP contribution in [-0.4, -0.2) is 24.2 Å². The topological polar surface area (TPSA) is 72.8 Å². The zero-order valence-electron chi connectivity index (χ0n) is 10.6. The summed E-state index contributed by atoms with van der Waals surface area (Å²) in [5.74, 6) is -1.14. The van der Waals surface area contributed by atoms with Gasteiger partial charge in [0.1, 0.15) is 5.75 Å². The zero-order valence-corrected chi connectivity index (χ0v) is 10.6. The number of methoxy groups -OCH3 is 1. The van der Waals surface area contributed by atoms with Crippen molar-refractivity contribution >= 4 is 11.9 Å². The maximum atomic E-state index is 11.1. The highest BCUT2D eigenvalue weighted by atomic mass is 16.6. The summed E-state index contributed by atoms with van der Waals surface area (Å²) < 4.78 is 9.95. The summed E-state index contributed by atoms with van der Waals surface area (Å²) >= 11 is 0.